The van der Waals surface area contributed by atoms with Gasteiger partial charge in [-0.3, -0.25) is 0 Å². The maximum absolute atomic E-state index is 9.36. The summed E-state index contributed by atoms with van der Waals surface area (Å²) in [6.07, 6.45) is -1.28. The Morgan fingerprint density at radius 1 is 1.54 bits per heavy atom. The number of nitrogens with two attached hydrogens (primary N) is 1. The molecule has 1 heterocycles. The van der Waals surface area contributed by atoms with E-state index >= 15 is 0 Å². The summed E-state index contributed by atoms with van der Waals surface area (Å²) in [6.45, 7) is 0. The zero-order valence-corrected chi connectivity index (χ0v) is 6.75. The minimum Gasteiger partial charge on any atom is -0.385 e. The minimum absolute atomic E-state index is 0.238. The third kappa shape index (κ3) is 2.15. The summed E-state index contributed by atoms with van der Waals surface area (Å²) in [5.41, 5.74) is 5.73. The first kappa shape index (κ1) is 9.45. The molecule has 1 aromatic heterocycles. The van der Waals surface area contributed by atoms with Crippen molar-refractivity contribution in [3.05, 3.63) is 23.9 Å². The first-order valence-electron chi connectivity index (χ1n) is 3.62. The Bertz CT molecular complexity index is 334. The molecule has 4 N–H and O–H groups in total. The lowest BCUT2D eigenvalue weighted by molar-refractivity contribution is 0.0528. The van der Waals surface area contributed by atoms with E-state index in [2.05, 4.69) is 4.98 Å². The van der Waals surface area contributed by atoms with Crippen molar-refractivity contribution < 1.29 is 10.2 Å². The monoisotopic (exact) mass is 179 g/mol. The molecule has 0 fully saturated rings. The van der Waals surface area contributed by atoms with Crippen molar-refractivity contribution in [3.63, 3.8) is 0 Å². The Kier molecular flexibility index (Phi) is 2.80. The summed E-state index contributed by atoms with van der Waals surface area (Å²) >= 11 is 0. The van der Waals surface area contributed by atoms with Crippen molar-refractivity contribution in [1.82, 2.24) is 4.98 Å². The molecule has 0 aliphatic rings. The Balaban J connectivity index is 2.90. The van der Waals surface area contributed by atoms with Crippen molar-refractivity contribution >= 4 is 5.82 Å². The number of hydrogen-bond acceptors (Lipinski definition) is 5. The molecule has 13 heavy (non-hydrogen) atoms. The van der Waals surface area contributed by atoms with E-state index in [1.54, 1.807) is 0 Å². The van der Waals surface area contributed by atoms with Crippen LogP contribution in [0.15, 0.2) is 18.3 Å². The van der Waals surface area contributed by atoms with E-state index in [-0.39, 0.29) is 5.82 Å². The topological polar surface area (TPSA) is 103 Å². The standard InChI is InChI=1S/C8H9N3O2/c9-4-6(12)8(13)5-1-2-11-7(10)3-5/h1-3,6,8,12-13H,(H2,10,11). The van der Waals surface area contributed by atoms with Crippen molar-refractivity contribution in [1.29, 1.82) is 5.26 Å². The smallest absolute Gasteiger partial charge is 0.170 e. The van der Waals surface area contributed by atoms with Gasteiger partial charge in [-0.25, -0.2) is 4.98 Å². The van der Waals surface area contributed by atoms with E-state index in [4.69, 9.17) is 16.1 Å². The molecule has 68 valence electrons. The highest BCUT2D eigenvalue weighted by Crippen LogP contribution is 2.17. The largest absolute Gasteiger partial charge is 0.385 e. The van der Waals surface area contributed by atoms with Gasteiger partial charge in [0.05, 0.1) is 6.07 Å². The van der Waals surface area contributed by atoms with Crippen molar-refractivity contribution in [2.75, 3.05) is 5.73 Å². The lowest BCUT2D eigenvalue weighted by atomic mass is 10.1. The maximum Gasteiger partial charge on any atom is 0.170 e. The van der Waals surface area contributed by atoms with Gasteiger partial charge >= 0.3 is 0 Å². The number of pyridine rings is 1. The van der Waals surface area contributed by atoms with E-state index in [9.17, 15) is 5.11 Å². The lowest BCUT2D eigenvalue weighted by Gasteiger charge is -2.11. The predicted octanol–water partition coefficient (Wildman–Crippen LogP) is -0.418. The summed E-state index contributed by atoms with van der Waals surface area (Å²) in [4.78, 5) is 3.71. The first-order chi connectivity index (χ1) is 6.15. The Labute approximate surface area is 75.1 Å². The molecule has 2 unspecified atom stereocenters. The molecular formula is C8H9N3O2. The van der Waals surface area contributed by atoms with Gasteiger partial charge in [0.1, 0.15) is 11.9 Å². The molecule has 1 aromatic rings. The number of aliphatic hydroxyl groups is 2. The SMILES string of the molecule is N#CC(O)C(O)c1ccnc(N)c1. The van der Waals surface area contributed by atoms with Crippen LogP contribution in [0.2, 0.25) is 0 Å². The third-order valence-corrected chi connectivity index (χ3v) is 1.58. The van der Waals surface area contributed by atoms with Crippen LogP contribution in [0, 0.1) is 11.3 Å². The van der Waals surface area contributed by atoms with Crippen LogP contribution in [0.4, 0.5) is 5.82 Å². The second kappa shape index (κ2) is 3.85. The quantitative estimate of drug-likeness (QED) is 0.535. The van der Waals surface area contributed by atoms with Crippen LogP contribution in [-0.2, 0) is 0 Å². The molecule has 0 saturated carbocycles. The maximum atomic E-state index is 9.36. The molecule has 0 spiro atoms. The van der Waals surface area contributed by atoms with Gasteiger partial charge in [0, 0.05) is 6.20 Å². The fourth-order valence-electron chi connectivity index (χ4n) is 0.902. The van der Waals surface area contributed by atoms with Crippen LogP contribution in [0.1, 0.15) is 11.7 Å². The summed E-state index contributed by atoms with van der Waals surface area (Å²) in [6, 6.07) is 4.42. The van der Waals surface area contributed by atoms with Gasteiger partial charge in [-0.05, 0) is 17.7 Å². The van der Waals surface area contributed by atoms with Crippen LogP contribution < -0.4 is 5.73 Å². The highest BCUT2D eigenvalue weighted by molar-refractivity contribution is 5.33. The number of hydrogen-bond donors (Lipinski definition) is 3. The van der Waals surface area contributed by atoms with Crippen LogP contribution in [0.3, 0.4) is 0 Å². The lowest BCUT2D eigenvalue weighted by Crippen LogP contribution is -2.15. The Hall–Kier alpha value is -1.64. The Morgan fingerprint density at radius 3 is 2.77 bits per heavy atom. The number of aliphatic hydroxyl groups excluding tert-OH is 2. The van der Waals surface area contributed by atoms with Crippen molar-refractivity contribution in [3.8, 4) is 6.07 Å². The van der Waals surface area contributed by atoms with Crippen molar-refractivity contribution in [2.24, 2.45) is 0 Å². The van der Waals surface area contributed by atoms with Gasteiger partial charge < -0.3 is 15.9 Å². The third-order valence-electron chi connectivity index (χ3n) is 1.58. The molecule has 1 rings (SSSR count). The number of nitrogens with zero attached hydrogens (tertiary/aromatic N) is 2. The summed E-state index contributed by atoms with van der Waals surface area (Å²) < 4.78 is 0. The summed E-state index contributed by atoms with van der Waals surface area (Å²) in [7, 11) is 0. The van der Waals surface area contributed by atoms with E-state index in [1.165, 1.54) is 24.4 Å². The minimum atomic E-state index is -1.44. The number of nitriles is 1. The average molecular weight is 179 g/mol. The molecule has 0 aromatic carbocycles. The molecule has 5 heteroatoms. The average Bonchev–Trinajstić information content (AvgIpc) is 2.15. The molecule has 0 amide bonds. The van der Waals surface area contributed by atoms with Crippen LogP contribution in [-0.4, -0.2) is 21.3 Å². The summed E-state index contributed by atoms with van der Waals surface area (Å²) in [5, 5.41) is 26.7. The van der Waals surface area contributed by atoms with E-state index < -0.39 is 12.2 Å². The van der Waals surface area contributed by atoms with Gasteiger partial charge in [-0.1, -0.05) is 0 Å². The second-order valence-electron chi connectivity index (χ2n) is 2.53. The predicted molar refractivity (Wildman–Crippen MR) is 45.2 cm³/mol. The molecule has 0 radical (unpaired) electrons. The van der Waals surface area contributed by atoms with Crippen LogP contribution >= 0.6 is 0 Å². The van der Waals surface area contributed by atoms with Crippen LogP contribution in [0.25, 0.3) is 0 Å². The highest BCUT2D eigenvalue weighted by atomic mass is 16.3. The zero-order chi connectivity index (χ0) is 9.84. The van der Waals surface area contributed by atoms with E-state index in [1.807, 2.05) is 0 Å². The second-order valence-corrected chi connectivity index (χ2v) is 2.53. The molecule has 2 atom stereocenters. The summed E-state index contributed by atoms with van der Waals surface area (Å²) in [5.74, 6) is 0.238. The van der Waals surface area contributed by atoms with Gasteiger partial charge in [-0.15, -0.1) is 0 Å². The molecule has 0 saturated heterocycles. The molecule has 0 aliphatic carbocycles. The van der Waals surface area contributed by atoms with Gasteiger partial charge in [0.15, 0.2) is 6.10 Å². The zero-order valence-electron chi connectivity index (χ0n) is 6.75. The van der Waals surface area contributed by atoms with Gasteiger partial charge in [0.25, 0.3) is 0 Å². The molecule has 5 nitrogen and oxygen atoms in total. The highest BCUT2D eigenvalue weighted by Gasteiger charge is 2.17. The normalized spacial score (nSPS) is 14.5. The molecule has 0 bridgehead atoms. The van der Waals surface area contributed by atoms with E-state index in [0.717, 1.165) is 0 Å². The first-order valence-corrected chi connectivity index (χ1v) is 3.62. The fraction of sp³-hybridized carbons (Fsp3) is 0.250. The van der Waals surface area contributed by atoms with Crippen molar-refractivity contribution in [2.45, 2.75) is 12.2 Å². The molecular weight excluding hydrogens is 170 g/mol. The Morgan fingerprint density at radius 2 is 2.23 bits per heavy atom. The number of rotatable bonds is 2. The number of aromatic nitrogens is 1. The van der Waals surface area contributed by atoms with Crippen LogP contribution in [0.5, 0.6) is 0 Å². The number of anilines is 1. The fourth-order valence-corrected chi connectivity index (χ4v) is 0.902. The molecule has 0 aliphatic heterocycles. The van der Waals surface area contributed by atoms with Gasteiger partial charge in [0.2, 0.25) is 0 Å². The van der Waals surface area contributed by atoms with Gasteiger partial charge in [-0.2, -0.15) is 5.26 Å². The van der Waals surface area contributed by atoms with E-state index in [0.29, 0.717) is 5.56 Å². The number of nitrogen functional groups attached to an aromatic ring is 1.